The number of aromatic nitrogens is 2. The Morgan fingerprint density at radius 1 is 1.11 bits per heavy atom. The number of carbonyl (C=O) groups excluding carboxylic acids is 1. The minimum Gasteiger partial charge on any atom is -0.331 e. The van der Waals surface area contributed by atoms with Crippen molar-refractivity contribution in [3.63, 3.8) is 0 Å². The van der Waals surface area contributed by atoms with Gasteiger partial charge in [0.05, 0.1) is 22.9 Å². The van der Waals surface area contributed by atoms with Crippen LogP contribution < -0.4 is 16.2 Å². The number of fused-ring (bicyclic) bond motifs is 1. The van der Waals surface area contributed by atoms with E-state index in [0.717, 1.165) is 23.2 Å². The predicted octanol–water partition coefficient (Wildman–Crippen LogP) is 3.07. The summed E-state index contributed by atoms with van der Waals surface area (Å²) in [6, 6.07) is 11.9. The molecule has 3 N–H and O–H groups in total. The molecule has 2 aromatic carbocycles. The fourth-order valence-electron chi connectivity index (χ4n) is 2.39. The molecule has 140 valence electrons. The Hall–Kier alpha value is -3.14. The second-order valence-corrected chi connectivity index (χ2v) is 5.98. The number of thiocarbonyl (C=S) groups is 1. The van der Waals surface area contributed by atoms with Gasteiger partial charge in [-0.2, -0.15) is 13.2 Å². The number of hydrogen-bond donors (Lipinski definition) is 3. The van der Waals surface area contributed by atoms with Crippen molar-refractivity contribution >= 4 is 40.0 Å². The topological polar surface area (TPSA) is 71.0 Å². The summed E-state index contributed by atoms with van der Waals surface area (Å²) < 4.78 is 39.8. The zero-order valence-corrected chi connectivity index (χ0v) is 14.6. The maximum Gasteiger partial charge on any atom is 0.416 e. The highest BCUT2D eigenvalue weighted by Crippen LogP contribution is 2.30. The summed E-state index contributed by atoms with van der Waals surface area (Å²) in [4.78, 5) is 16.2. The van der Waals surface area contributed by atoms with Gasteiger partial charge in [-0.3, -0.25) is 15.6 Å². The van der Waals surface area contributed by atoms with Crippen LogP contribution in [0.25, 0.3) is 11.0 Å². The van der Waals surface area contributed by atoms with Crippen LogP contribution in [0, 0.1) is 0 Å². The van der Waals surface area contributed by atoms with Crippen LogP contribution in [-0.4, -0.2) is 20.6 Å². The van der Waals surface area contributed by atoms with Gasteiger partial charge >= 0.3 is 6.18 Å². The van der Waals surface area contributed by atoms with E-state index in [1.54, 1.807) is 10.9 Å². The van der Waals surface area contributed by atoms with Gasteiger partial charge in [0, 0.05) is 5.69 Å². The Morgan fingerprint density at radius 3 is 2.67 bits per heavy atom. The molecule has 1 heterocycles. The van der Waals surface area contributed by atoms with E-state index in [4.69, 9.17) is 12.2 Å². The van der Waals surface area contributed by atoms with Crippen LogP contribution in [0.5, 0.6) is 0 Å². The average molecular weight is 393 g/mol. The van der Waals surface area contributed by atoms with E-state index in [1.807, 2.05) is 24.3 Å². The van der Waals surface area contributed by atoms with Crippen LogP contribution in [0.2, 0.25) is 0 Å². The molecule has 27 heavy (non-hydrogen) atoms. The van der Waals surface area contributed by atoms with Gasteiger partial charge in [0.1, 0.15) is 6.54 Å². The molecule has 0 bridgehead atoms. The first-order valence-corrected chi connectivity index (χ1v) is 8.17. The zero-order valence-electron chi connectivity index (χ0n) is 13.7. The van der Waals surface area contributed by atoms with Crippen LogP contribution in [0.4, 0.5) is 18.9 Å². The van der Waals surface area contributed by atoms with Gasteiger partial charge in [-0.05, 0) is 42.5 Å². The molecule has 3 aromatic rings. The largest absolute Gasteiger partial charge is 0.416 e. The van der Waals surface area contributed by atoms with Crippen molar-refractivity contribution in [1.82, 2.24) is 20.4 Å². The highest BCUT2D eigenvalue weighted by molar-refractivity contribution is 7.80. The van der Waals surface area contributed by atoms with Crippen LogP contribution in [-0.2, 0) is 17.5 Å². The fraction of sp³-hybridized carbons (Fsp3) is 0.118. The number of nitrogens with one attached hydrogen (secondary N) is 3. The third kappa shape index (κ3) is 4.73. The zero-order chi connectivity index (χ0) is 19.4. The quantitative estimate of drug-likeness (QED) is 0.471. The number of carbonyl (C=O) groups is 1. The molecule has 0 saturated carbocycles. The van der Waals surface area contributed by atoms with Crippen molar-refractivity contribution in [2.24, 2.45) is 0 Å². The smallest absolute Gasteiger partial charge is 0.331 e. The first-order chi connectivity index (χ1) is 12.8. The standard InChI is InChI=1S/C17H14F3N5OS/c18-17(19,20)11-4-3-5-12(8-11)22-16(27)24-23-15(26)9-25-10-21-13-6-1-2-7-14(13)25/h1-8,10H,9H2,(H,23,26)(H2,22,24,27). The van der Waals surface area contributed by atoms with E-state index >= 15 is 0 Å². The van der Waals surface area contributed by atoms with Crippen LogP contribution in [0.3, 0.4) is 0 Å². The molecule has 1 aromatic heterocycles. The van der Waals surface area contributed by atoms with E-state index in [-0.39, 0.29) is 17.3 Å². The molecule has 0 spiro atoms. The predicted molar refractivity (Wildman–Crippen MR) is 98.7 cm³/mol. The number of nitrogens with zero attached hydrogens (tertiary/aromatic N) is 2. The molecule has 0 radical (unpaired) electrons. The van der Waals surface area contributed by atoms with Gasteiger partial charge < -0.3 is 9.88 Å². The van der Waals surface area contributed by atoms with Crippen molar-refractivity contribution in [2.75, 3.05) is 5.32 Å². The maximum atomic E-state index is 12.7. The summed E-state index contributed by atoms with van der Waals surface area (Å²) >= 11 is 4.98. The second-order valence-electron chi connectivity index (χ2n) is 5.57. The van der Waals surface area contributed by atoms with E-state index in [9.17, 15) is 18.0 Å². The molecule has 0 unspecified atom stereocenters. The van der Waals surface area contributed by atoms with E-state index in [2.05, 4.69) is 21.2 Å². The molecule has 10 heteroatoms. The second kappa shape index (κ2) is 7.62. The summed E-state index contributed by atoms with van der Waals surface area (Å²) in [5, 5.41) is 2.54. The molecule has 0 aliphatic carbocycles. The molecule has 3 rings (SSSR count). The Morgan fingerprint density at radius 2 is 1.89 bits per heavy atom. The molecule has 0 aliphatic rings. The number of amides is 1. The summed E-state index contributed by atoms with van der Waals surface area (Å²) in [6.45, 7) is -0.000312. The Labute approximate surface area is 157 Å². The highest BCUT2D eigenvalue weighted by Gasteiger charge is 2.30. The maximum absolute atomic E-state index is 12.7. The van der Waals surface area contributed by atoms with Gasteiger partial charge in [-0.15, -0.1) is 0 Å². The molecule has 0 aliphatic heterocycles. The molecular weight excluding hydrogens is 379 g/mol. The van der Waals surface area contributed by atoms with Crippen molar-refractivity contribution in [3.8, 4) is 0 Å². The molecular formula is C17H14F3N5OS. The number of imidazole rings is 1. The molecule has 0 saturated heterocycles. The van der Waals surface area contributed by atoms with Gasteiger partial charge in [-0.1, -0.05) is 18.2 Å². The average Bonchev–Trinajstić information content (AvgIpc) is 3.03. The SMILES string of the molecule is O=C(Cn1cnc2ccccc21)NNC(=S)Nc1cccc(C(F)(F)F)c1. The summed E-state index contributed by atoms with van der Waals surface area (Å²) in [6.07, 6.45) is -2.90. The lowest BCUT2D eigenvalue weighted by Gasteiger charge is -2.13. The number of hydrazine groups is 1. The minimum atomic E-state index is -4.45. The van der Waals surface area contributed by atoms with Gasteiger partial charge in [0.25, 0.3) is 5.91 Å². The van der Waals surface area contributed by atoms with Crippen molar-refractivity contribution < 1.29 is 18.0 Å². The lowest BCUT2D eigenvalue weighted by atomic mass is 10.2. The van der Waals surface area contributed by atoms with Crippen LogP contribution in [0.15, 0.2) is 54.9 Å². The minimum absolute atomic E-state index is 0.000312. The van der Waals surface area contributed by atoms with Crippen LogP contribution in [0.1, 0.15) is 5.56 Å². The van der Waals surface area contributed by atoms with Gasteiger partial charge in [0.15, 0.2) is 5.11 Å². The Bertz CT molecular complexity index is 986. The third-order valence-corrected chi connectivity index (χ3v) is 3.81. The van der Waals surface area contributed by atoms with Crippen molar-refractivity contribution in [2.45, 2.75) is 12.7 Å². The Balaban J connectivity index is 1.54. The van der Waals surface area contributed by atoms with E-state index in [1.165, 1.54) is 12.1 Å². The van der Waals surface area contributed by atoms with Crippen LogP contribution >= 0.6 is 12.2 Å². The lowest BCUT2D eigenvalue weighted by Crippen LogP contribution is -2.45. The lowest BCUT2D eigenvalue weighted by molar-refractivity contribution is -0.137. The summed E-state index contributed by atoms with van der Waals surface area (Å²) in [5.41, 5.74) is 5.76. The number of alkyl halides is 3. The molecule has 0 atom stereocenters. The number of rotatable bonds is 3. The number of para-hydroxylation sites is 2. The van der Waals surface area contributed by atoms with Crippen molar-refractivity contribution in [3.05, 3.63) is 60.4 Å². The number of anilines is 1. The third-order valence-electron chi connectivity index (χ3n) is 3.60. The van der Waals surface area contributed by atoms with E-state index < -0.39 is 17.6 Å². The molecule has 0 fully saturated rings. The molecule has 1 amide bonds. The molecule has 6 nitrogen and oxygen atoms in total. The first kappa shape index (κ1) is 18.6. The van der Waals surface area contributed by atoms with E-state index in [0.29, 0.717) is 0 Å². The monoisotopic (exact) mass is 393 g/mol. The number of benzene rings is 2. The van der Waals surface area contributed by atoms with Gasteiger partial charge in [-0.25, -0.2) is 4.98 Å². The normalized spacial score (nSPS) is 11.2. The van der Waals surface area contributed by atoms with Crippen molar-refractivity contribution in [1.29, 1.82) is 0 Å². The van der Waals surface area contributed by atoms with Gasteiger partial charge in [0.2, 0.25) is 0 Å². The summed E-state index contributed by atoms with van der Waals surface area (Å²) in [7, 11) is 0. The number of hydrogen-bond acceptors (Lipinski definition) is 3. The number of halogens is 3. The first-order valence-electron chi connectivity index (χ1n) is 7.76. The fourth-order valence-corrected chi connectivity index (χ4v) is 2.56. The highest BCUT2D eigenvalue weighted by atomic mass is 32.1. The Kier molecular flexibility index (Phi) is 5.26. The summed E-state index contributed by atoms with van der Waals surface area (Å²) in [5.74, 6) is -0.397.